The molecule has 0 radical (unpaired) electrons. The van der Waals surface area contributed by atoms with E-state index in [0.29, 0.717) is 0 Å². The summed E-state index contributed by atoms with van der Waals surface area (Å²) in [4.78, 5) is 9.95. The summed E-state index contributed by atoms with van der Waals surface area (Å²) >= 11 is 0. The van der Waals surface area contributed by atoms with Crippen LogP contribution in [0.5, 0.6) is 0 Å². The minimum absolute atomic E-state index is 0. The quantitative estimate of drug-likeness (QED) is 0.297. The lowest BCUT2D eigenvalue weighted by Crippen LogP contribution is -2.52. The number of aliphatic imine (C=N–C) groups is 1. The molecule has 0 unspecified atom stereocenters. The van der Waals surface area contributed by atoms with Crippen LogP contribution < -0.4 is 5.32 Å². The maximum Gasteiger partial charge on any atom is 0.194 e. The van der Waals surface area contributed by atoms with Gasteiger partial charge in [0.05, 0.1) is 5.69 Å². The van der Waals surface area contributed by atoms with Crippen LogP contribution in [0.3, 0.4) is 0 Å². The van der Waals surface area contributed by atoms with Crippen molar-refractivity contribution in [3.05, 3.63) is 29.7 Å². The molecule has 1 aliphatic carbocycles. The minimum atomic E-state index is 0. The molecule has 0 aromatic carbocycles. The van der Waals surface area contributed by atoms with E-state index < -0.39 is 0 Å². The minimum Gasteiger partial charge on any atom is -0.361 e. The van der Waals surface area contributed by atoms with E-state index in [1.54, 1.807) is 0 Å². The molecule has 10 heteroatoms. The summed E-state index contributed by atoms with van der Waals surface area (Å²) in [6, 6.07) is 2.03. The second-order valence-corrected chi connectivity index (χ2v) is 9.08. The van der Waals surface area contributed by atoms with Crippen LogP contribution in [0.25, 0.3) is 0 Å². The zero-order chi connectivity index (χ0) is 22.2. The second kappa shape index (κ2) is 13.3. The van der Waals surface area contributed by atoms with Crippen molar-refractivity contribution < 1.29 is 4.52 Å². The van der Waals surface area contributed by atoms with Gasteiger partial charge in [-0.25, -0.2) is 0 Å². The molecule has 1 aliphatic heterocycles. The maximum absolute atomic E-state index is 5.22. The Morgan fingerprint density at radius 3 is 2.67 bits per heavy atom. The molecule has 1 saturated heterocycles. The van der Waals surface area contributed by atoms with Crippen LogP contribution in [0.1, 0.15) is 56.3 Å². The van der Waals surface area contributed by atoms with Crippen LogP contribution in [0.15, 0.2) is 21.9 Å². The first-order valence-electron chi connectivity index (χ1n) is 12.3. The molecule has 2 aromatic rings. The molecule has 0 bridgehead atoms. The Hall–Kier alpha value is -1.69. The van der Waals surface area contributed by atoms with E-state index in [1.165, 1.54) is 32.1 Å². The Morgan fingerprint density at radius 2 is 1.97 bits per heavy atom. The number of aromatic nitrogens is 4. The first kappa shape index (κ1) is 25.9. The summed E-state index contributed by atoms with van der Waals surface area (Å²) in [6.07, 6.45) is 9.47. The topological polar surface area (TPSA) is 87.6 Å². The van der Waals surface area contributed by atoms with Crippen molar-refractivity contribution in [2.45, 2.75) is 65.5 Å². The number of hydrogen-bond acceptors (Lipinski definition) is 6. The van der Waals surface area contributed by atoms with Crippen LogP contribution in [0, 0.1) is 12.8 Å². The molecular weight excluding hydrogens is 531 g/mol. The van der Waals surface area contributed by atoms with Gasteiger partial charge in [0.2, 0.25) is 0 Å². The van der Waals surface area contributed by atoms with Crippen molar-refractivity contribution in [2.75, 3.05) is 39.3 Å². The van der Waals surface area contributed by atoms with E-state index in [1.807, 2.05) is 19.3 Å². The summed E-state index contributed by atoms with van der Waals surface area (Å²) in [5.74, 6) is 3.70. The van der Waals surface area contributed by atoms with Gasteiger partial charge in [0.1, 0.15) is 17.9 Å². The Morgan fingerprint density at radius 1 is 1.18 bits per heavy atom. The van der Waals surface area contributed by atoms with Gasteiger partial charge in [-0.3, -0.25) is 9.89 Å². The van der Waals surface area contributed by atoms with Crippen molar-refractivity contribution in [3.63, 3.8) is 0 Å². The normalized spacial score (nSPS) is 18.4. The van der Waals surface area contributed by atoms with Crippen LogP contribution in [0.2, 0.25) is 0 Å². The standard InChI is InChI=1S/C23H38N8O.HI/c1-3-22-27-26-18-31(22)10-9-24-23(25-16-20-7-5-4-6-8-20)30-13-11-29(12-14-30)17-21-15-19(2)32-28-21;/h15,18,20H,3-14,16-17H2,1-2H3,(H,24,25);1H. The lowest BCUT2D eigenvalue weighted by atomic mass is 9.89. The third-order valence-electron chi connectivity index (χ3n) is 6.61. The van der Waals surface area contributed by atoms with Gasteiger partial charge in [0.25, 0.3) is 0 Å². The van der Waals surface area contributed by atoms with Crippen LogP contribution >= 0.6 is 24.0 Å². The Balaban J connectivity index is 0.00000306. The van der Waals surface area contributed by atoms with Gasteiger partial charge in [0.15, 0.2) is 5.96 Å². The highest BCUT2D eigenvalue weighted by Gasteiger charge is 2.21. The molecule has 9 nitrogen and oxygen atoms in total. The summed E-state index contributed by atoms with van der Waals surface area (Å²) in [5, 5.41) is 16.0. The van der Waals surface area contributed by atoms with E-state index in [0.717, 1.165) is 87.9 Å². The van der Waals surface area contributed by atoms with Crippen molar-refractivity contribution in [2.24, 2.45) is 10.9 Å². The van der Waals surface area contributed by atoms with E-state index in [9.17, 15) is 0 Å². The molecule has 4 rings (SSSR count). The zero-order valence-corrected chi connectivity index (χ0v) is 22.4. The van der Waals surface area contributed by atoms with Crippen LogP contribution in [-0.2, 0) is 19.5 Å². The molecule has 0 atom stereocenters. The van der Waals surface area contributed by atoms with Gasteiger partial charge < -0.3 is 19.3 Å². The monoisotopic (exact) mass is 570 g/mol. The molecule has 2 aliphatic rings. The number of piperazine rings is 1. The average molecular weight is 571 g/mol. The average Bonchev–Trinajstić information content (AvgIpc) is 3.45. The van der Waals surface area contributed by atoms with Gasteiger partial charge >= 0.3 is 0 Å². The van der Waals surface area contributed by atoms with Gasteiger partial charge in [0, 0.05) is 64.8 Å². The lowest BCUT2D eigenvalue weighted by molar-refractivity contribution is 0.168. The Kier molecular flexibility index (Phi) is 10.4. The van der Waals surface area contributed by atoms with Crippen LogP contribution in [-0.4, -0.2) is 74.9 Å². The molecule has 33 heavy (non-hydrogen) atoms. The third kappa shape index (κ3) is 7.66. The lowest BCUT2D eigenvalue weighted by Gasteiger charge is -2.36. The van der Waals surface area contributed by atoms with Gasteiger partial charge in [-0.1, -0.05) is 31.3 Å². The fraction of sp³-hybridized carbons (Fsp3) is 0.739. The molecule has 1 saturated carbocycles. The third-order valence-corrected chi connectivity index (χ3v) is 6.61. The largest absolute Gasteiger partial charge is 0.361 e. The smallest absolute Gasteiger partial charge is 0.194 e. The van der Waals surface area contributed by atoms with Crippen molar-refractivity contribution in [1.82, 2.24) is 35.0 Å². The van der Waals surface area contributed by atoms with Crippen LogP contribution in [0.4, 0.5) is 0 Å². The molecular formula is C23H39IN8O. The van der Waals surface area contributed by atoms with E-state index >= 15 is 0 Å². The highest BCUT2D eigenvalue weighted by atomic mass is 127. The van der Waals surface area contributed by atoms with Crippen molar-refractivity contribution >= 4 is 29.9 Å². The molecule has 1 N–H and O–H groups in total. The fourth-order valence-electron chi connectivity index (χ4n) is 4.72. The van der Waals surface area contributed by atoms with Gasteiger partial charge in [-0.2, -0.15) is 0 Å². The number of nitrogens with zero attached hydrogens (tertiary/aromatic N) is 7. The predicted molar refractivity (Wildman–Crippen MR) is 140 cm³/mol. The second-order valence-electron chi connectivity index (χ2n) is 9.08. The fourth-order valence-corrected chi connectivity index (χ4v) is 4.72. The highest BCUT2D eigenvalue weighted by Crippen LogP contribution is 2.23. The Bertz CT molecular complexity index is 852. The number of halogens is 1. The molecule has 0 spiro atoms. The number of hydrogen-bond donors (Lipinski definition) is 1. The Labute approximate surface area is 214 Å². The zero-order valence-electron chi connectivity index (χ0n) is 20.1. The van der Waals surface area contributed by atoms with E-state index in [-0.39, 0.29) is 24.0 Å². The highest BCUT2D eigenvalue weighted by molar-refractivity contribution is 14.0. The SMILES string of the molecule is CCc1nncn1CCNC(=NCC1CCCCC1)N1CCN(Cc2cc(C)on2)CC1.I. The predicted octanol–water partition coefficient (Wildman–Crippen LogP) is 3.10. The van der Waals surface area contributed by atoms with Gasteiger partial charge in [-0.05, 0) is 25.7 Å². The number of nitrogens with one attached hydrogen (secondary N) is 1. The van der Waals surface area contributed by atoms with Crippen molar-refractivity contribution in [1.29, 1.82) is 0 Å². The molecule has 0 amide bonds. The van der Waals surface area contributed by atoms with E-state index in [4.69, 9.17) is 9.52 Å². The maximum atomic E-state index is 5.22. The first-order valence-corrected chi connectivity index (χ1v) is 12.3. The number of rotatable bonds is 8. The molecule has 2 aromatic heterocycles. The summed E-state index contributed by atoms with van der Waals surface area (Å²) < 4.78 is 7.35. The summed E-state index contributed by atoms with van der Waals surface area (Å²) in [7, 11) is 0. The molecule has 184 valence electrons. The number of guanidine groups is 1. The summed E-state index contributed by atoms with van der Waals surface area (Å²) in [5.41, 5.74) is 1.01. The molecule has 2 fully saturated rings. The van der Waals surface area contributed by atoms with Crippen molar-refractivity contribution in [3.8, 4) is 0 Å². The van der Waals surface area contributed by atoms with Gasteiger partial charge in [-0.15, -0.1) is 34.2 Å². The summed E-state index contributed by atoms with van der Waals surface area (Å²) in [6.45, 7) is 11.5. The number of aryl methyl sites for hydroxylation is 2. The first-order chi connectivity index (χ1) is 15.7. The van der Waals surface area contributed by atoms with E-state index in [2.05, 4.69) is 42.0 Å². The molecule has 3 heterocycles.